The van der Waals surface area contributed by atoms with Gasteiger partial charge in [0.25, 0.3) is 0 Å². The molecular formula is C11H10N4O4. The third kappa shape index (κ3) is 3.28. The number of carbonyl (C=O) groups excluding carboxylic acids is 1. The first-order chi connectivity index (χ1) is 9.16. The highest BCUT2D eigenvalue weighted by Gasteiger charge is 2.17. The summed E-state index contributed by atoms with van der Waals surface area (Å²) >= 11 is 0. The number of hydrogen-bond acceptors (Lipinski definition) is 5. The van der Waals surface area contributed by atoms with E-state index in [0.29, 0.717) is 0 Å². The Morgan fingerprint density at radius 3 is 2.84 bits per heavy atom. The Hall–Kier alpha value is -2.90. The highest BCUT2D eigenvalue weighted by atomic mass is 16.6. The molecule has 2 rings (SSSR count). The summed E-state index contributed by atoms with van der Waals surface area (Å²) in [6.07, 6.45) is 0.357. The maximum Gasteiger partial charge on any atom is 0.412 e. The number of amides is 1. The number of rotatable bonds is 4. The standard InChI is InChI=1S/C11H10N4O4/c16-11(19-7-8-4-2-1-3-5-8)13-9-6-12-14-10(9)15(17)18/h1-6H,7H2,(H,12,14)(H,13,16). The number of benzene rings is 1. The summed E-state index contributed by atoms with van der Waals surface area (Å²) in [5.74, 6) is -0.392. The van der Waals surface area contributed by atoms with E-state index in [4.69, 9.17) is 4.74 Å². The zero-order valence-electron chi connectivity index (χ0n) is 9.70. The Balaban J connectivity index is 1.91. The molecule has 0 saturated carbocycles. The molecule has 1 aromatic heterocycles. The SMILES string of the molecule is O=C(Nc1cn[nH]c1[N+](=O)[O-])OCc1ccccc1. The van der Waals surface area contributed by atoms with Gasteiger partial charge in [0.15, 0.2) is 5.69 Å². The molecule has 98 valence electrons. The average molecular weight is 262 g/mol. The normalized spacial score (nSPS) is 9.89. The number of hydrogen-bond donors (Lipinski definition) is 2. The molecule has 1 heterocycles. The van der Waals surface area contributed by atoms with Gasteiger partial charge >= 0.3 is 11.9 Å². The molecule has 0 bridgehead atoms. The van der Waals surface area contributed by atoms with Gasteiger partial charge in [0.2, 0.25) is 0 Å². The van der Waals surface area contributed by atoms with Crippen molar-refractivity contribution in [1.29, 1.82) is 0 Å². The minimum atomic E-state index is -0.784. The molecule has 0 aliphatic heterocycles. The van der Waals surface area contributed by atoms with Crippen molar-refractivity contribution in [2.45, 2.75) is 6.61 Å². The van der Waals surface area contributed by atoms with E-state index >= 15 is 0 Å². The molecule has 1 aromatic carbocycles. The van der Waals surface area contributed by atoms with Gasteiger partial charge in [-0.3, -0.25) is 5.32 Å². The number of carbonyl (C=O) groups is 1. The molecule has 8 nitrogen and oxygen atoms in total. The van der Waals surface area contributed by atoms with Gasteiger partial charge in [-0.2, -0.15) is 0 Å². The number of aromatic nitrogens is 2. The molecule has 2 aromatic rings. The van der Waals surface area contributed by atoms with Crippen LogP contribution in [0, 0.1) is 10.1 Å². The van der Waals surface area contributed by atoms with Crippen molar-refractivity contribution < 1.29 is 14.5 Å². The third-order valence-corrected chi connectivity index (χ3v) is 2.25. The zero-order chi connectivity index (χ0) is 13.7. The van der Waals surface area contributed by atoms with E-state index in [-0.39, 0.29) is 12.3 Å². The number of anilines is 1. The van der Waals surface area contributed by atoms with E-state index in [0.717, 1.165) is 11.8 Å². The zero-order valence-corrected chi connectivity index (χ0v) is 9.70. The fourth-order valence-electron chi connectivity index (χ4n) is 1.38. The van der Waals surface area contributed by atoms with E-state index in [2.05, 4.69) is 15.5 Å². The van der Waals surface area contributed by atoms with Crippen LogP contribution in [0.25, 0.3) is 0 Å². The van der Waals surface area contributed by atoms with Gasteiger partial charge in [-0.15, -0.1) is 5.10 Å². The summed E-state index contributed by atoms with van der Waals surface area (Å²) in [7, 11) is 0. The second-order valence-electron chi connectivity index (χ2n) is 3.58. The third-order valence-electron chi connectivity index (χ3n) is 2.25. The van der Waals surface area contributed by atoms with Crippen LogP contribution in [-0.4, -0.2) is 21.2 Å². The van der Waals surface area contributed by atoms with Gasteiger partial charge in [-0.25, -0.2) is 4.79 Å². The van der Waals surface area contributed by atoms with Gasteiger partial charge in [0, 0.05) is 0 Å². The number of ether oxygens (including phenoxy) is 1. The first-order valence-corrected chi connectivity index (χ1v) is 5.32. The lowest BCUT2D eigenvalue weighted by atomic mass is 10.2. The lowest BCUT2D eigenvalue weighted by Crippen LogP contribution is -2.14. The summed E-state index contributed by atoms with van der Waals surface area (Å²) in [4.78, 5) is 21.4. The number of nitro groups is 1. The molecule has 0 radical (unpaired) electrons. The Labute approximate surface area is 107 Å². The molecule has 0 saturated heterocycles. The highest BCUT2D eigenvalue weighted by molar-refractivity contribution is 5.86. The average Bonchev–Trinajstić information content (AvgIpc) is 2.86. The van der Waals surface area contributed by atoms with Gasteiger partial charge in [0.05, 0.1) is 0 Å². The molecule has 19 heavy (non-hydrogen) atoms. The fraction of sp³-hybridized carbons (Fsp3) is 0.0909. The van der Waals surface area contributed by atoms with Crippen LogP contribution < -0.4 is 5.32 Å². The fourth-order valence-corrected chi connectivity index (χ4v) is 1.38. The number of nitrogens with one attached hydrogen (secondary N) is 2. The first kappa shape index (κ1) is 12.6. The number of aromatic amines is 1. The van der Waals surface area contributed by atoms with Crippen molar-refractivity contribution in [3.63, 3.8) is 0 Å². The minimum absolute atomic E-state index is 0.0388. The van der Waals surface area contributed by atoms with Crippen molar-refractivity contribution in [2.75, 3.05) is 5.32 Å². The summed E-state index contributed by atoms with van der Waals surface area (Å²) in [6, 6.07) is 9.08. The largest absolute Gasteiger partial charge is 0.444 e. The van der Waals surface area contributed by atoms with Crippen molar-refractivity contribution in [2.24, 2.45) is 0 Å². The van der Waals surface area contributed by atoms with Crippen LogP contribution in [0.3, 0.4) is 0 Å². The second kappa shape index (κ2) is 5.63. The van der Waals surface area contributed by atoms with Crippen LogP contribution in [0.15, 0.2) is 36.5 Å². The molecule has 0 aliphatic rings. The molecule has 0 atom stereocenters. The van der Waals surface area contributed by atoms with Gasteiger partial charge in [-0.05, 0) is 10.5 Å². The van der Waals surface area contributed by atoms with E-state index in [9.17, 15) is 14.9 Å². The highest BCUT2D eigenvalue weighted by Crippen LogP contribution is 2.19. The summed E-state index contributed by atoms with van der Waals surface area (Å²) < 4.78 is 4.92. The molecule has 0 fully saturated rings. The molecule has 1 amide bonds. The van der Waals surface area contributed by atoms with E-state index in [1.165, 1.54) is 0 Å². The topological polar surface area (TPSA) is 110 Å². The molecule has 0 spiro atoms. The van der Waals surface area contributed by atoms with Crippen LogP contribution in [0.1, 0.15) is 5.56 Å². The van der Waals surface area contributed by atoms with Crippen LogP contribution in [0.5, 0.6) is 0 Å². The Morgan fingerprint density at radius 1 is 1.42 bits per heavy atom. The maximum absolute atomic E-state index is 11.5. The molecule has 0 aliphatic carbocycles. The van der Waals surface area contributed by atoms with Gasteiger partial charge in [0.1, 0.15) is 12.8 Å². The Kier molecular flexibility index (Phi) is 3.72. The van der Waals surface area contributed by atoms with Crippen LogP contribution in [0.4, 0.5) is 16.3 Å². The molecule has 8 heteroatoms. The minimum Gasteiger partial charge on any atom is -0.444 e. The van der Waals surface area contributed by atoms with E-state index in [1.807, 2.05) is 18.2 Å². The monoisotopic (exact) mass is 262 g/mol. The van der Waals surface area contributed by atoms with Gasteiger partial charge in [-0.1, -0.05) is 35.4 Å². The first-order valence-electron chi connectivity index (χ1n) is 5.32. The quantitative estimate of drug-likeness (QED) is 0.647. The molecular weight excluding hydrogens is 252 g/mol. The van der Waals surface area contributed by atoms with E-state index in [1.54, 1.807) is 12.1 Å². The maximum atomic E-state index is 11.5. The van der Waals surface area contributed by atoms with E-state index < -0.39 is 16.8 Å². The van der Waals surface area contributed by atoms with Gasteiger partial charge < -0.3 is 14.9 Å². The Morgan fingerprint density at radius 2 is 2.16 bits per heavy atom. The number of H-pyrrole nitrogens is 1. The smallest absolute Gasteiger partial charge is 0.412 e. The van der Waals surface area contributed by atoms with Crippen LogP contribution >= 0.6 is 0 Å². The van der Waals surface area contributed by atoms with Crippen LogP contribution in [-0.2, 0) is 11.3 Å². The van der Waals surface area contributed by atoms with Crippen LogP contribution in [0.2, 0.25) is 0 Å². The molecule has 0 unspecified atom stereocenters. The molecule has 2 N–H and O–H groups in total. The van der Waals surface area contributed by atoms with Crippen molar-refractivity contribution >= 4 is 17.6 Å². The van der Waals surface area contributed by atoms with Crippen molar-refractivity contribution in [3.8, 4) is 0 Å². The summed E-state index contributed by atoms with van der Waals surface area (Å²) in [6.45, 7) is 0.0817. The van der Waals surface area contributed by atoms with Crippen molar-refractivity contribution in [3.05, 3.63) is 52.2 Å². The summed E-state index contributed by atoms with van der Waals surface area (Å²) in [5.41, 5.74) is 0.780. The Bertz CT molecular complexity index is 581. The predicted octanol–water partition coefficient (Wildman–Crippen LogP) is 2.07. The number of nitrogens with zero attached hydrogens (tertiary/aromatic N) is 2. The lowest BCUT2D eigenvalue weighted by molar-refractivity contribution is -0.388. The lowest BCUT2D eigenvalue weighted by Gasteiger charge is -2.05. The predicted molar refractivity (Wildman–Crippen MR) is 65.5 cm³/mol. The second-order valence-corrected chi connectivity index (χ2v) is 3.58. The summed E-state index contributed by atoms with van der Waals surface area (Å²) in [5, 5.41) is 18.5. The van der Waals surface area contributed by atoms with Crippen molar-refractivity contribution in [1.82, 2.24) is 10.2 Å².